The fourth-order valence-corrected chi connectivity index (χ4v) is 3.30. The molecule has 0 spiro atoms. The predicted octanol–water partition coefficient (Wildman–Crippen LogP) is 4.37. The van der Waals surface area contributed by atoms with Crippen LogP contribution in [-0.4, -0.2) is 26.8 Å². The zero-order valence-electron chi connectivity index (χ0n) is 16.8. The molecule has 2 heterocycles. The number of nitriles is 1. The molecular formula is C22H17N5O4. The molecule has 9 nitrogen and oxygen atoms in total. The van der Waals surface area contributed by atoms with Crippen LogP contribution in [0, 0.1) is 28.4 Å². The van der Waals surface area contributed by atoms with Crippen molar-refractivity contribution in [1.29, 1.82) is 5.26 Å². The van der Waals surface area contributed by atoms with E-state index >= 15 is 0 Å². The summed E-state index contributed by atoms with van der Waals surface area (Å²) < 4.78 is 12.9. The van der Waals surface area contributed by atoms with Gasteiger partial charge in [0.25, 0.3) is 5.69 Å². The summed E-state index contributed by atoms with van der Waals surface area (Å²) in [5, 5.41) is 25.6. The molecule has 0 fully saturated rings. The Labute approximate surface area is 177 Å². The second-order valence-corrected chi connectivity index (χ2v) is 6.75. The lowest BCUT2D eigenvalue weighted by Crippen LogP contribution is -2.02. The van der Waals surface area contributed by atoms with Gasteiger partial charge in [0.05, 0.1) is 29.7 Å². The molecule has 0 saturated heterocycles. The monoisotopic (exact) mass is 415 g/mol. The number of benzene rings is 2. The first-order valence-electron chi connectivity index (χ1n) is 9.31. The number of ether oxygens (including phenoxy) is 2. The van der Waals surface area contributed by atoms with Crippen LogP contribution < -0.4 is 9.47 Å². The van der Waals surface area contributed by atoms with E-state index in [0.717, 1.165) is 22.4 Å². The van der Waals surface area contributed by atoms with Gasteiger partial charge in [0, 0.05) is 18.3 Å². The van der Waals surface area contributed by atoms with E-state index in [1.165, 1.54) is 18.2 Å². The van der Waals surface area contributed by atoms with Gasteiger partial charge < -0.3 is 9.47 Å². The average molecular weight is 415 g/mol. The van der Waals surface area contributed by atoms with Crippen molar-refractivity contribution >= 4 is 16.7 Å². The standard InChI is InChI=1S/C22H17N5O4/c1-14-21-20(31-18-7-8-19(27(28)29)16(11-18)12-23)9-10-24-22(21)26(25-14)13-15-3-5-17(30-2)6-4-15/h3-11H,13H2,1-2H3. The molecule has 4 aromatic rings. The minimum atomic E-state index is -0.597. The molecular weight excluding hydrogens is 398 g/mol. The van der Waals surface area contributed by atoms with Crippen LogP contribution in [0.5, 0.6) is 17.2 Å². The number of nitro groups is 1. The van der Waals surface area contributed by atoms with Gasteiger partial charge in [-0.1, -0.05) is 12.1 Å². The maximum Gasteiger partial charge on any atom is 0.287 e. The van der Waals surface area contributed by atoms with Crippen LogP contribution in [0.15, 0.2) is 54.7 Å². The van der Waals surface area contributed by atoms with E-state index in [4.69, 9.17) is 9.47 Å². The molecule has 0 atom stereocenters. The molecule has 31 heavy (non-hydrogen) atoms. The van der Waals surface area contributed by atoms with Crippen LogP contribution in [0.4, 0.5) is 5.69 Å². The maximum absolute atomic E-state index is 11.0. The van der Waals surface area contributed by atoms with Crippen molar-refractivity contribution in [3.05, 3.63) is 81.7 Å². The lowest BCUT2D eigenvalue weighted by atomic mass is 10.2. The van der Waals surface area contributed by atoms with Crippen LogP contribution >= 0.6 is 0 Å². The molecule has 0 aliphatic carbocycles. The predicted molar refractivity (Wildman–Crippen MR) is 112 cm³/mol. The van der Waals surface area contributed by atoms with Crippen LogP contribution in [0.25, 0.3) is 11.0 Å². The maximum atomic E-state index is 11.0. The normalized spacial score (nSPS) is 10.6. The van der Waals surface area contributed by atoms with Crippen molar-refractivity contribution in [2.24, 2.45) is 0 Å². The Morgan fingerprint density at radius 2 is 1.90 bits per heavy atom. The lowest BCUT2D eigenvalue weighted by molar-refractivity contribution is -0.385. The number of aryl methyl sites for hydroxylation is 1. The summed E-state index contributed by atoms with van der Waals surface area (Å²) in [6.07, 6.45) is 1.61. The van der Waals surface area contributed by atoms with Gasteiger partial charge in [-0.3, -0.25) is 10.1 Å². The van der Waals surface area contributed by atoms with Crippen molar-refractivity contribution in [3.63, 3.8) is 0 Å². The molecule has 0 saturated carbocycles. The van der Waals surface area contributed by atoms with E-state index in [0.29, 0.717) is 23.7 Å². The quantitative estimate of drug-likeness (QED) is 0.339. The van der Waals surface area contributed by atoms with Gasteiger partial charge in [-0.05, 0) is 36.8 Å². The summed E-state index contributed by atoms with van der Waals surface area (Å²) in [6.45, 7) is 2.37. The third kappa shape index (κ3) is 3.86. The van der Waals surface area contributed by atoms with E-state index in [2.05, 4.69) is 10.1 Å². The van der Waals surface area contributed by atoms with Crippen LogP contribution in [0.1, 0.15) is 16.8 Å². The summed E-state index contributed by atoms with van der Waals surface area (Å²) in [4.78, 5) is 14.9. The SMILES string of the molecule is COc1ccc(Cn2nc(C)c3c(Oc4ccc([N+](=O)[O-])c(C#N)c4)ccnc32)cc1. The second kappa shape index (κ2) is 8.12. The van der Waals surface area contributed by atoms with E-state index in [1.807, 2.05) is 37.3 Å². The number of aromatic nitrogens is 3. The third-order valence-electron chi connectivity index (χ3n) is 4.77. The number of fused-ring (bicyclic) bond motifs is 1. The zero-order chi connectivity index (χ0) is 22.0. The van der Waals surface area contributed by atoms with Crippen LogP contribution in [0.3, 0.4) is 0 Å². The van der Waals surface area contributed by atoms with Crippen LogP contribution in [0.2, 0.25) is 0 Å². The molecule has 154 valence electrons. The summed E-state index contributed by atoms with van der Waals surface area (Å²) in [7, 11) is 1.62. The molecule has 0 unspecified atom stereocenters. The number of nitrogens with zero attached hydrogens (tertiary/aromatic N) is 5. The summed E-state index contributed by atoms with van der Waals surface area (Å²) >= 11 is 0. The Balaban J connectivity index is 1.69. The first-order valence-corrected chi connectivity index (χ1v) is 9.31. The van der Waals surface area contributed by atoms with E-state index < -0.39 is 4.92 Å². The minimum absolute atomic E-state index is 0.0697. The Hall–Kier alpha value is -4.45. The molecule has 0 radical (unpaired) electrons. The van der Waals surface area contributed by atoms with Crippen molar-refractivity contribution in [3.8, 4) is 23.3 Å². The van der Waals surface area contributed by atoms with E-state index in [-0.39, 0.29) is 11.3 Å². The highest BCUT2D eigenvalue weighted by molar-refractivity contribution is 5.85. The Kier molecular flexibility index (Phi) is 5.20. The Morgan fingerprint density at radius 3 is 2.58 bits per heavy atom. The summed E-state index contributed by atoms with van der Waals surface area (Å²) in [5.41, 5.74) is 2.08. The van der Waals surface area contributed by atoms with E-state index in [1.54, 1.807) is 24.1 Å². The van der Waals surface area contributed by atoms with Gasteiger partial charge in [-0.2, -0.15) is 10.4 Å². The van der Waals surface area contributed by atoms with Gasteiger partial charge in [0.1, 0.15) is 28.9 Å². The number of nitro benzene ring substituents is 1. The van der Waals surface area contributed by atoms with Gasteiger partial charge >= 0.3 is 0 Å². The lowest BCUT2D eigenvalue weighted by Gasteiger charge is -2.08. The van der Waals surface area contributed by atoms with Gasteiger partial charge in [-0.15, -0.1) is 0 Å². The highest BCUT2D eigenvalue weighted by Gasteiger charge is 2.17. The molecule has 0 aliphatic heterocycles. The average Bonchev–Trinajstić information content (AvgIpc) is 3.10. The number of pyridine rings is 1. The van der Waals surface area contributed by atoms with Gasteiger partial charge in [-0.25, -0.2) is 9.67 Å². The first-order chi connectivity index (χ1) is 15.0. The molecule has 0 aliphatic rings. The topological polar surface area (TPSA) is 116 Å². The number of rotatable bonds is 6. The summed E-state index contributed by atoms with van der Waals surface area (Å²) in [5.74, 6) is 1.59. The molecule has 0 amide bonds. The highest BCUT2D eigenvalue weighted by atomic mass is 16.6. The van der Waals surface area contributed by atoms with Crippen molar-refractivity contribution in [2.45, 2.75) is 13.5 Å². The zero-order valence-corrected chi connectivity index (χ0v) is 16.8. The molecule has 0 bridgehead atoms. The number of hydrogen-bond donors (Lipinski definition) is 0. The Morgan fingerprint density at radius 1 is 1.16 bits per heavy atom. The molecule has 4 rings (SSSR count). The van der Waals surface area contributed by atoms with Crippen molar-refractivity contribution < 1.29 is 14.4 Å². The van der Waals surface area contributed by atoms with Gasteiger partial charge in [0.2, 0.25) is 0 Å². The smallest absolute Gasteiger partial charge is 0.287 e. The van der Waals surface area contributed by atoms with Gasteiger partial charge in [0.15, 0.2) is 5.65 Å². The molecule has 2 aromatic heterocycles. The number of methoxy groups -OCH3 is 1. The third-order valence-corrected chi connectivity index (χ3v) is 4.77. The first kappa shape index (κ1) is 19.8. The fourth-order valence-electron chi connectivity index (χ4n) is 3.30. The molecule has 0 N–H and O–H groups in total. The summed E-state index contributed by atoms with van der Waals surface area (Å²) in [6, 6.07) is 15.3. The largest absolute Gasteiger partial charge is 0.497 e. The van der Waals surface area contributed by atoms with Crippen molar-refractivity contribution in [2.75, 3.05) is 7.11 Å². The van der Waals surface area contributed by atoms with Crippen LogP contribution in [-0.2, 0) is 6.54 Å². The fraction of sp³-hybridized carbons (Fsp3) is 0.136. The highest BCUT2D eigenvalue weighted by Crippen LogP contribution is 2.33. The Bertz CT molecular complexity index is 1320. The molecule has 2 aromatic carbocycles. The minimum Gasteiger partial charge on any atom is -0.497 e. The van der Waals surface area contributed by atoms with E-state index in [9.17, 15) is 15.4 Å². The number of hydrogen-bond acceptors (Lipinski definition) is 7. The van der Waals surface area contributed by atoms with Crippen molar-refractivity contribution in [1.82, 2.24) is 14.8 Å². The second-order valence-electron chi connectivity index (χ2n) is 6.75. The molecule has 9 heteroatoms.